The summed E-state index contributed by atoms with van der Waals surface area (Å²) in [5.41, 5.74) is 0.562. The molecule has 2 rings (SSSR count). The molecule has 96 valence electrons. The monoisotopic (exact) mass is 250 g/mol. The third kappa shape index (κ3) is 2.84. The van der Waals surface area contributed by atoms with Crippen molar-refractivity contribution in [2.75, 3.05) is 19.0 Å². The fraction of sp³-hybridized carbons (Fsp3) is 0.333. The second kappa shape index (κ2) is 5.59. The number of methoxy groups -OCH3 is 1. The lowest BCUT2D eigenvalue weighted by atomic mass is 10.3. The lowest BCUT2D eigenvalue weighted by Crippen LogP contribution is -2.12. The number of hydrogen-bond donors (Lipinski definition) is 1. The van der Waals surface area contributed by atoms with Crippen molar-refractivity contribution in [2.24, 2.45) is 0 Å². The summed E-state index contributed by atoms with van der Waals surface area (Å²) in [6.07, 6.45) is 6.23. The molecule has 2 heterocycles. The van der Waals surface area contributed by atoms with Crippen LogP contribution < -0.4 is 5.32 Å². The Balaban J connectivity index is 2.17. The highest BCUT2D eigenvalue weighted by Crippen LogP contribution is 2.18. The molecular formula is C12H15FN4O. The predicted octanol–water partition coefficient (Wildman–Crippen LogP) is 2.37. The van der Waals surface area contributed by atoms with Gasteiger partial charge in [0.15, 0.2) is 0 Å². The number of anilines is 2. The van der Waals surface area contributed by atoms with Crippen LogP contribution in [-0.4, -0.2) is 28.3 Å². The van der Waals surface area contributed by atoms with Gasteiger partial charge in [0.25, 0.3) is 0 Å². The van der Waals surface area contributed by atoms with E-state index in [4.69, 9.17) is 4.74 Å². The number of nitrogens with one attached hydrogen (secondary N) is 1. The zero-order valence-electron chi connectivity index (χ0n) is 10.3. The van der Waals surface area contributed by atoms with E-state index in [0.717, 1.165) is 6.20 Å². The Labute approximate surface area is 105 Å². The number of nitrogens with zero attached hydrogens (tertiary/aromatic N) is 3. The second-order valence-electron chi connectivity index (χ2n) is 3.98. The van der Waals surface area contributed by atoms with Crippen molar-refractivity contribution >= 4 is 11.6 Å². The van der Waals surface area contributed by atoms with E-state index < -0.39 is 0 Å². The van der Waals surface area contributed by atoms with Crippen LogP contribution in [0, 0.1) is 5.82 Å². The SMILES string of the molecule is COCC(C)n1ccnc1Nc1cncc(F)c1. The van der Waals surface area contributed by atoms with Gasteiger partial charge in [-0.1, -0.05) is 0 Å². The van der Waals surface area contributed by atoms with E-state index in [0.29, 0.717) is 18.2 Å². The van der Waals surface area contributed by atoms with Crippen molar-refractivity contribution in [3.05, 3.63) is 36.7 Å². The van der Waals surface area contributed by atoms with Crippen LogP contribution in [0.1, 0.15) is 13.0 Å². The number of hydrogen-bond acceptors (Lipinski definition) is 4. The normalized spacial score (nSPS) is 12.4. The van der Waals surface area contributed by atoms with Crippen LogP contribution in [0.3, 0.4) is 0 Å². The molecule has 18 heavy (non-hydrogen) atoms. The van der Waals surface area contributed by atoms with E-state index in [1.54, 1.807) is 19.5 Å². The molecular weight excluding hydrogens is 235 g/mol. The van der Waals surface area contributed by atoms with E-state index in [1.807, 2.05) is 17.7 Å². The number of imidazole rings is 1. The van der Waals surface area contributed by atoms with Gasteiger partial charge in [-0.05, 0) is 6.92 Å². The third-order valence-electron chi connectivity index (χ3n) is 2.51. The molecule has 5 nitrogen and oxygen atoms in total. The highest BCUT2D eigenvalue weighted by atomic mass is 19.1. The Morgan fingerprint density at radius 2 is 2.33 bits per heavy atom. The third-order valence-corrected chi connectivity index (χ3v) is 2.51. The Bertz CT molecular complexity index is 514. The van der Waals surface area contributed by atoms with Crippen LogP contribution in [0.4, 0.5) is 16.0 Å². The number of halogens is 1. The summed E-state index contributed by atoms with van der Waals surface area (Å²) in [5, 5.41) is 3.03. The van der Waals surface area contributed by atoms with Gasteiger partial charge in [-0.25, -0.2) is 9.37 Å². The number of pyridine rings is 1. The van der Waals surface area contributed by atoms with E-state index in [1.165, 1.54) is 6.07 Å². The molecule has 0 radical (unpaired) electrons. The summed E-state index contributed by atoms with van der Waals surface area (Å²) >= 11 is 0. The molecule has 0 amide bonds. The molecule has 2 aromatic heterocycles. The Kier molecular flexibility index (Phi) is 3.88. The Hall–Kier alpha value is -1.95. The Morgan fingerprint density at radius 3 is 3.06 bits per heavy atom. The molecule has 0 aliphatic carbocycles. The van der Waals surface area contributed by atoms with Crippen LogP contribution in [-0.2, 0) is 4.74 Å². The summed E-state index contributed by atoms with van der Waals surface area (Å²) in [4.78, 5) is 7.97. The smallest absolute Gasteiger partial charge is 0.207 e. The first kappa shape index (κ1) is 12.5. The van der Waals surface area contributed by atoms with Gasteiger partial charge in [0.1, 0.15) is 5.82 Å². The van der Waals surface area contributed by atoms with Gasteiger partial charge in [0.2, 0.25) is 5.95 Å². The van der Waals surface area contributed by atoms with Crippen molar-refractivity contribution in [2.45, 2.75) is 13.0 Å². The van der Waals surface area contributed by atoms with Crippen LogP contribution in [0.15, 0.2) is 30.9 Å². The van der Waals surface area contributed by atoms with Gasteiger partial charge < -0.3 is 14.6 Å². The minimum atomic E-state index is -0.386. The maximum atomic E-state index is 13.0. The quantitative estimate of drug-likeness (QED) is 0.885. The molecule has 0 fully saturated rings. The summed E-state index contributed by atoms with van der Waals surface area (Å²) in [6, 6.07) is 1.51. The van der Waals surface area contributed by atoms with Gasteiger partial charge in [-0.2, -0.15) is 0 Å². The van der Waals surface area contributed by atoms with Crippen LogP contribution in [0.25, 0.3) is 0 Å². The lowest BCUT2D eigenvalue weighted by Gasteiger charge is -2.16. The number of ether oxygens (including phenoxy) is 1. The first-order valence-electron chi connectivity index (χ1n) is 5.60. The molecule has 0 aliphatic rings. The van der Waals surface area contributed by atoms with Crippen molar-refractivity contribution in [3.8, 4) is 0 Å². The van der Waals surface area contributed by atoms with E-state index >= 15 is 0 Å². The average molecular weight is 250 g/mol. The molecule has 0 saturated heterocycles. The number of rotatable bonds is 5. The Morgan fingerprint density at radius 1 is 1.50 bits per heavy atom. The zero-order valence-corrected chi connectivity index (χ0v) is 10.3. The summed E-state index contributed by atoms with van der Waals surface area (Å²) in [5.74, 6) is 0.245. The minimum Gasteiger partial charge on any atom is -0.383 e. The van der Waals surface area contributed by atoms with E-state index in [9.17, 15) is 4.39 Å². The van der Waals surface area contributed by atoms with Crippen molar-refractivity contribution in [1.82, 2.24) is 14.5 Å². The van der Waals surface area contributed by atoms with Gasteiger partial charge >= 0.3 is 0 Å². The summed E-state index contributed by atoms with van der Waals surface area (Å²) in [6.45, 7) is 2.59. The predicted molar refractivity (Wildman–Crippen MR) is 66.3 cm³/mol. The van der Waals surface area contributed by atoms with Crippen molar-refractivity contribution in [1.29, 1.82) is 0 Å². The number of aromatic nitrogens is 3. The molecule has 0 aliphatic heterocycles. The standard InChI is InChI=1S/C12H15FN4O/c1-9(8-18-2)17-4-3-15-12(17)16-11-5-10(13)6-14-7-11/h3-7,9H,8H2,1-2H3,(H,15,16). The lowest BCUT2D eigenvalue weighted by molar-refractivity contribution is 0.163. The van der Waals surface area contributed by atoms with Crippen LogP contribution >= 0.6 is 0 Å². The van der Waals surface area contributed by atoms with Gasteiger partial charge in [0.05, 0.1) is 30.7 Å². The maximum Gasteiger partial charge on any atom is 0.207 e. The molecule has 0 saturated carbocycles. The summed E-state index contributed by atoms with van der Waals surface area (Å²) in [7, 11) is 1.65. The molecule has 1 atom stereocenters. The first-order chi connectivity index (χ1) is 8.70. The van der Waals surface area contributed by atoms with Crippen LogP contribution in [0.2, 0.25) is 0 Å². The maximum absolute atomic E-state index is 13.0. The largest absolute Gasteiger partial charge is 0.383 e. The highest BCUT2D eigenvalue weighted by molar-refractivity contribution is 5.51. The van der Waals surface area contributed by atoms with Gasteiger partial charge in [-0.15, -0.1) is 0 Å². The first-order valence-corrected chi connectivity index (χ1v) is 5.60. The molecule has 1 N–H and O–H groups in total. The molecule has 1 unspecified atom stereocenters. The summed E-state index contributed by atoms with van der Waals surface area (Å²) < 4.78 is 20.1. The topological polar surface area (TPSA) is 52.0 Å². The van der Waals surface area contributed by atoms with Crippen molar-refractivity contribution in [3.63, 3.8) is 0 Å². The molecule has 2 aromatic rings. The fourth-order valence-electron chi connectivity index (χ4n) is 1.70. The second-order valence-corrected chi connectivity index (χ2v) is 3.98. The van der Waals surface area contributed by atoms with Crippen LogP contribution in [0.5, 0.6) is 0 Å². The molecule has 0 aromatic carbocycles. The molecule has 0 bridgehead atoms. The minimum absolute atomic E-state index is 0.140. The van der Waals surface area contributed by atoms with E-state index in [-0.39, 0.29) is 11.9 Å². The zero-order chi connectivity index (χ0) is 13.0. The molecule has 0 spiro atoms. The highest BCUT2D eigenvalue weighted by Gasteiger charge is 2.10. The molecule has 6 heteroatoms. The average Bonchev–Trinajstić information content (AvgIpc) is 2.77. The van der Waals surface area contributed by atoms with Gasteiger partial charge in [0, 0.05) is 25.6 Å². The fourth-order valence-corrected chi connectivity index (χ4v) is 1.70. The van der Waals surface area contributed by atoms with E-state index in [2.05, 4.69) is 15.3 Å². The van der Waals surface area contributed by atoms with Gasteiger partial charge in [-0.3, -0.25) is 4.98 Å². The van der Waals surface area contributed by atoms with Crippen molar-refractivity contribution < 1.29 is 9.13 Å².